The Morgan fingerprint density at radius 2 is 2.07 bits per heavy atom. The van der Waals surface area contributed by atoms with Crippen LogP contribution in [-0.4, -0.2) is 22.9 Å². The molecule has 1 saturated heterocycles. The minimum atomic E-state index is -0.0208. The molecular formula is C13H18ClN. The molecule has 1 aromatic carbocycles. The van der Waals surface area contributed by atoms with E-state index in [-0.39, 0.29) is 4.87 Å². The van der Waals surface area contributed by atoms with Gasteiger partial charge in [-0.1, -0.05) is 30.3 Å². The van der Waals surface area contributed by atoms with Crippen molar-refractivity contribution in [3.63, 3.8) is 0 Å². The third kappa shape index (κ3) is 3.22. The van der Waals surface area contributed by atoms with Crippen LogP contribution in [0.2, 0.25) is 0 Å². The molecule has 0 bridgehead atoms. The Balaban J connectivity index is 1.95. The number of benzene rings is 1. The molecular weight excluding hydrogens is 206 g/mol. The van der Waals surface area contributed by atoms with Crippen LogP contribution in [0.5, 0.6) is 0 Å². The number of nitrogens with zero attached hydrogens (tertiary/aromatic N) is 1. The third-order valence-electron chi connectivity index (χ3n) is 2.97. The zero-order valence-electron chi connectivity index (χ0n) is 9.25. The standard InChI is InChI=1S/C13H18ClN/c1-13(14)8-5-9-15(11-13)10-12-6-3-2-4-7-12/h2-4,6-7H,5,8-11H2,1H3/t13-/m1/s1. The molecule has 1 atom stereocenters. The Morgan fingerprint density at radius 3 is 2.73 bits per heavy atom. The van der Waals surface area contributed by atoms with Gasteiger partial charge in [-0.3, -0.25) is 4.90 Å². The van der Waals surface area contributed by atoms with Crippen molar-refractivity contribution in [2.24, 2.45) is 0 Å². The highest BCUT2D eigenvalue weighted by atomic mass is 35.5. The molecule has 1 aliphatic heterocycles. The van der Waals surface area contributed by atoms with E-state index >= 15 is 0 Å². The highest BCUT2D eigenvalue weighted by Crippen LogP contribution is 2.27. The van der Waals surface area contributed by atoms with Gasteiger partial charge in [0.05, 0.1) is 4.87 Å². The molecule has 0 aliphatic carbocycles. The van der Waals surface area contributed by atoms with Gasteiger partial charge in [-0.2, -0.15) is 0 Å². The number of rotatable bonds is 2. The molecule has 0 saturated carbocycles. The predicted octanol–water partition coefficient (Wildman–Crippen LogP) is 3.28. The van der Waals surface area contributed by atoms with Gasteiger partial charge in [0.15, 0.2) is 0 Å². The molecule has 0 radical (unpaired) electrons. The first-order valence-electron chi connectivity index (χ1n) is 5.61. The zero-order chi connectivity index (χ0) is 10.7. The van der Waals surface area contributed by atoms with Crippen LogP contribution >= 0.6 is 11.6 Å². The molecule has 2 heteroatoms. The normalized spacial score (nSPS) is 27.9. The molecule has 82 valence electrons. The highest BCUT2D eigenvalue weighted by molar-refractivity contribution is 6.23. The molecule has 1 heterocycles. The van der Waals surface area contributed by atoms with E-state index in [2.05, 4.69) is 42.2 Å². The summed E-state index contributed by atoms with van der Waals surface area (Å²) in [6.07, 6.45) is 2.35. The molecule has 1 aliphatic rings. The van der Waals surface area contributed by atoms with E-state index in [1.165, 1.54) is 18.5 Å². The lowest BCUT2D eigenvalue weighted by atomic mass is 9.99. The van der Waals surface area contributed by atoms with Crippen LogP contribution in [0, 0.1) is 0 Å². The molecule has 0 N–H and O–H groups in total. The zero-order valence-corrected chi connectivity index (χ0v) is 10.0. The minimum Gasteiger partial charge on any atom is -0.297 e. The van der Waals surface area contributed by atoms with Crippen molar-refractivity contribution in [3.8, 4) is 0 Å². The van der Waals surface area contributed by atoms with Crippen LogP contribution in [-0.2, 0) is 6.54 Å². The summed E-state index contributed by atoms with van der Waals surface area (Å²) in [7, 11) is 0. The van der Waals surface area contributed by atoms with E-state index in [9.17, 15) is 0 Å². The van der Waals surface area contributed by atoms with Crippen LogP contribution in [0.4, 0.5) is 0 Å². The second kappa shape index (κ2) is 4.54. The topological polar surface area (TPSA) is 3.24 Å². The Kier molecular flexibility index (Phi) is 3.32. The summed E-state index contributed by atoms with van der Waals surface area (Å²) in [5, 5.41) is 0. The van der Waals surface area contributed by atoms with Crippen molar-refractivity contribution in [2.45, 2.75) is 31.2 Å². The van der Waals surface area contributed by atoms with Gasteiger partial charge in [0.2, 0.25) is 0 Å². The SMILES string of the molecule is C[C@@]1(Cl)CCCN(Cc2ccccc2)C1. The molecule has 1 aromatic rings. The lowest BCUT2D eigenvalue weighted by molar-refractivity contribution is 0.190. The fourth-order valence-corrected chi connectivity index (χ4v) is 2.57. The van der Waals surface area contributed by atoms with Crippen molar-refractivity contribution < 1.29 is 0 Å². The average Bonchev–Trinajstić information content (AvgIpc) is 2.17. The van der Waals surface area contributed by atoms with E-state index in [0.29, 0.717) is 0 Å². The predicted molar refractivity (Wildman–Crippen MR) is 65.2 cm³/mol. The summed E-state index contributed by atoms with van der Waals surface area (Å²) >= 11 is 6.39. The second-order valence-electron chi connectivity index (χ2n) is 4.71. The summed E-state index contributed by atoms with van der Waals surface area (Å²) in [6.45, 7) is 5.36. The number of piperidine rings is 1. The van der Waals surface area contributed by atoms with Gasteiger partial charge in [0, 0.05) is 13.1 Å². The first kappa shape index (κ1) is 11.0. The average molecular weight is 224 g/mol. The molecule has 2 rings (SSSR count). The Morgan fingerprint density at radius 1 is 1.33 bits per heavy atom. The number of hydrogen-bond donors (Lipinski definition) is 0. The molecule has 0 amide bonds. The van der Waals surface area contributed by atoms with E-state index in [1.807, 2.05) is 0 Å². The lowest BCUT2D eigenvalue weighted by Gasteiger charge is -2.36. The van der Waals surface area contributed by atoms with Gasteiger partial charge in [-0.15, -0.1) is 11.6 Å². The van der Waals surface area contributed by atoms with Gasteiger partial charge in [0.25, 0.3) is 0 Å². The van der Waals surface area contributed by atoms with Gasteiger partial charge in [-0.25, -0.2) is 0 Å². The van der Waals surface area contributed by atoms with E-state index < -0.39 is 0 Å². The highest BCUT2D eigenvalue weighted by Gasteiger charge is 2.28. The van der Waals surface area contributed by atoms with Crippen LogP contribution in [0.25, 0.3) is 0 Å². The van der Waals surface area contributed by atoms with Crippen molar-refractivity contribution >= 4 is 11.6 Å². The van der Waals surface area contributed by atoms with E-state index in [1.54, 1.807) is 0 Å². The summed E-state index contributed by atoms with van der Waals surface area (Å²) in [5.41, 5.74) is 1.38. The lowest BCUT2D eigenvalue weighted by Crippen LogP contribution is -2.42. The number of likely N-dealkylation sites (tertiary alicyclic amines) is 1. The molecule has 0 spiro atoms. The van der Waals surface area contributed by atoms with Crippen LogP contribution < -0.4 is 0 Å². The van der Waals surface area contributed by atoms with Crippen molar-refractivity contribution in [1.29, 1.82) is 0 Å². The molecule has 1 nitrogen and oxygen atoms in total. The number of hydrogen-bond acceptors (Lipinski definition) is 1. The van der Waals surface area contributed by atoms with Crippen LogP contribution in [0.3, 0.4) is 0 Å². The maximum Gasteiger partial charge on any atom is 0.0545 e. The Bertz CT molecular complexity index is 308. The largest absolute Gasteiger partial charge is 0.297 e. The summed E-state index contributed by atoms with van der Waals surface area (Å²) in [6, 6.07) is 10.6. The van der Waals surface area contributed by atoms with E-state index in [0.717, 1.165) is 19.5 Å². The minimum absolute atomic E-state index is 0.0208. The fourth-order valence-electron chi connectivity index (χ4n) is 2.27. The molecule has 0 aromatic heterocycles. The maximum absolute atomic E-state index is 6.39. The maximum atomic E-state index is 6.39. The van der Waals surface area contributed by atoms with Gasteiger partial charge in [0.1, 0.15) is 0 Å². The van der Waals surface area contributed by atoms with Crippen LogP contribution in [0.15, 0.2) is 30.3 Å². The quantitative estimate of drug-likeness (QED) is 0.696. The van der Waals surface area contributed by atoms with Gasteiger partial charge < -0.3 is 0 Å². The first-order valence-corrected chi connectivity index (χ1v) is 5.99. The van der Waals surface area contributed by atoms with E-state index in [4.69, 9.17) is 11.6 Å². The summed E-state index contributed by atoms with van der Waals surface area (Å²) in [5.74, 6) is 0. The summed E-state index contributed by atoms with van der Waals surface area (Å²) < 4.78 is 0. The molecule has 15 heavy (non-hydrogen) atoms. The fraction of sp³-hybridized carbons (Fsp3) is 0.538. The monoisotopic (exact) mass is 223 g/mol. The van der Waals surface area contributed by atoms with Gasteiger partial charge in [-0.05, 0) is 31.9 Å². The smallest absolute Gasteiger partial charge is 0.0545 e. The number of alkyl halides is 1. The molecule has 0 unspecified atom stereocenters. The second-order valence-corrected chi connectivity index (χ2v) is 5.63. The van der Waals surface area contributed by atoms with Crippen molar-refractivity contribution in [2.75, 3.05) is 13.1 Å². The van der Waals surface area contributed by atoms with Gasteiger partial charge >= 0.3 is 0 Å². The Hall–Kier alpha value is -0.530. The molecule has 1 fully saturated rings. The van der Waals surface area contributed by atoms with Crippen molar-refractivity contribution in [1.82, 2.24) is 4.90 Å². The van der Waals surface area contributed by atoms with Crippen molar-refractivity contribution in [3.05, 3.63) is 35.9 Å². The first-order chi connectivity index (χ1) is 7.16. The third-order valence-corrected chi connectivity index (χ3v) is 3.28. The van der Waals surface area contributed by atoms with Crippen LogP contribution in [0.1, 0.15) is 25.3 Å². The Labute approximate surface area is 97.0 Å². The number of halogens is 1. The summed E-state index contributed by atoms with van der Waals surface area (Å²) in [4.78, 5) is 2.43.